The zero-order valence-corrected chi connectivity index (χ0v) is 28.3. The van der Waals surface area contributed by atoms with Gasteiger partial charge < -0.3 is 19.8 Å². The van der Waals surface area contributed by atoms with E-state index < -0.39 is 38.6 Å². The Hall–Kier alpha value is -3.96. The molecule has 2 N–H and O–H groups in total. The van der Waals surface area contributed by atoms with E-state index in [0.717, 1.165) is 38.2 Å². The molecule has 0 saturated carbocycles. The SMILES string of the molecule is CCCCCCCCCCCCCCCc1c([N+](=O)[O-])cc([N+](=O)[O-])c(OCC)c1C1(C)C(C(=O)O)=C(C)N(C)C(C)=C1C(=O)O. The van der Waals surface area contributed by atoms with Gasteiger partial charge in [-0.1, -0.05) is 84.0 Å². The topological polar surface area (TPSA) is 173 Å². The number of nitro benzene ring substituents is 2. The number of ether oxygens (including phenoxy) is 1. The van der Waals surface area contributed by atoms with Crippen LogP contribution in [0.15, 0.2) is 28.6 Å². The number of carbonyl (C=O) groups is 2. The van der Waals surface area contributed by atoms with Crippen molar-refractivity contribution in [1.82, 2.24) is 4.90 Å². The van der Waals surface area contributed by atoms with Crippen molar-refractivity contribution < 1.29 is 34.4 Å². The summed E-state index contributed by atoms with van der Waals surface area (Å²) in [6, 6.07) is 0.846. The monoisotopic (exact) mass is 645 g/mol. The Morgan fingerprint density at radius 2 is 1.20 bits per heavy atom. The van der Waals surface area contributed by atoms with Gasteiger partial charge in [-0.15, -0.1) is 0 Å². The smallest absolute Gasteiger partial charge is 0.334 e. The first-order valence-electron chi connectivity index (χ1n) is 16.5. The van der Waals surface area contributed by atoms with Crippen LogP contribution in [0.2, 0.25) is 0 Å². The molecular formula is C34H51N3O9. The third-order valence-corrected chi connectivity index (χ3v) is 9.21. The van der Waals surface area contributed by atoms with Crippen LogP contribution in [-0.2, 0) is 21.4 Å². The van der Waals surface area contributed by atoms with Crippen LogP contribution in [0.5, 0.6) is 5.75 Å². The highest BCUT2D eigenvalue weighted by atomic mass is 16.6. The van der Waals surface area contributed by atoms with E-state index in [2.05, 4.69) is 6.92 Å². The lowest BCUT2D eigenvalue weighted by atomic mass is 9.64. The normalized spacial score (nSPS) is 14.5. The summed E-state index contributed by atoms with van der Waals surface area (Å²) in [7, 11) is 1.53. The molecule has 12 heteroatoms. The Morgan fingerprint density at radius 1 is 0.783 bits per heavy atom. The zero-order chi connectivity index (χ0) is 34.6. The minimum Gasteiger partial charge on any atom is -0.487 e. The largest absolute Gasteiger partial charge is 0.487 e. The number of nitro groups is 2. The molecule has 1 heterocycles. The van der Waals surface area contributed by atoms with Crippen molar-refractivity contribution in [2.75, 3.05) is 13.7 Å². The number of hydrogen-bond acceptors (Lipinski definition) is 8. The van der Waals surface area contributed by atoms with E-state index in [0.29, 0.717) is 6.42 Å². The molecule has 0 aliphatic carbocycles. The average Bonchev–Trinajstić information content (AvgIpc) is 2.97. The molecule has 2 rings (SSSR count). The van der Waals surface area contributed by atoms with Crippen LogP contribution in [-0.4, -0.2) is 50.6 Å². The molecule has 1 aliphatic rings. The van der Waals surface area contributed by atoms with Gasteiger partial charge in [0.25, 0.3) is 5.69 Å². The lowest BCUT2D eigenvalue weighted by Crippen LogP contribution is -2.44. The molecular weight excluding hydrogens is 594 g/mol. The van der Waals surface area contributed by atoms with Gasteiger partial charge >= 0.3 is 17.6 Å². The predicted octanol–water partition coefficient (Wildman–Crippen LogP) is 8.46. The number of nitrogens with zero attached hydrogens (tertiary/aromatic N) is 3. The highest BCUT2D eigenvalue weighted by Crippen LogP contribution is 2.54. The van der Waals surface area contributed by atoms with Crippen molar-refractivity contribution >= 4 is 23.3 Å². The molecule has 1 aromatic rings. The first-order chi connectivity index (χ1) is 21.8. The fraction of sp³-hybridized carbons (Fsp3) is 0.647. The van der Waals surface area contributed by atoms with Gasteiger partial charge in [0.05, 0.1) is 39.1 Å². The molecule has 0 radical (unpaired) electrons. The first kappa shape index (κ1) is 38.2. The van der Waals surface area contributed by atoms with Gasteiger partial charge in [-0.05, 0) is 40.5 Å². The number of unbranched alkanes of at least 4 members (excludes halogenated alkanes) is 12. The second-order valence-electron chi connectivity index (χ2n) is 12.3. The van der Waals surface area contributed by atoms with Gasteiger partial charge in [0.15, 0.2) is 0 Å². The second-order valence-corrected chi connectivity index (χ2v) is 12.3. The molecule has 0 atom stereocenters. The van der Waals surface area contributed by atoms with Crippen LogP contribution in [0.1, 0.15) is 129 Å². The maximum Gasteiger partial charge on any atom is 0.334 e. The summed E-state index contributed by atoms with van der Waals surface area (Å²) in [5, 5.41) is 45.6. The Labute approximate surface area is 271 Å². The van der Waals surface area contributed by atoms with Gasteiger partial charge in [0.2, 0.25) is 5.75 Å². The van der Waals surface area contributed by atoms with Gasteiger partial charge in [0.1, 0.15) is 0 Å². The fourth-order valence-electron chi connectivity index (χ4n) is 6.79. The summed E-state index contributed by atoms with van der Waals surface area (Å²) in [5.41, 5.74) is -3.69. The van der Waals surface area contributed by atoms with Crippen LogP contribution in [0.3, 0.4) is 0 Å². The molecule has 0 aromatic heterocycles. The Morgan fingerprint density at radius 3 is 1.57 bits per heavy atom. The molecule has 256 valence electrons. The number of benzene rings is 1. The number of rotatable bonds is 21. The van der Waals surface area contributed by atoms with Crippen LogP contribution < -0.4 is 4.74 Å². The van der Waals surface area contributed by atoms with Crippen molar-refractivity contribution in [3.63, 3.8) is 0 Å². The van der Waals surface area contributed by atoms with Gasteiger partial charge in [-0.2, -0.15) is 0 Å². The predicted molar refractivity (Wildman–Crippen MR) is 176 cm³/mol. The molecule has 0 bridgehead atoms. The summed E-state index contributed by atoms with van der Waals surface area (Å²) in [6.07, 6.45) is 14.3. The molecule has 0 saturated heterocycles. The number of aliphatic carboxylic acids is 2. The van der Waals surface area contributed by atoms with E-state index in [-0.39, 0.29) is 52.4 Å². The molecule has 0 amide bonds. The van der Waals surface area contributed by atoms with Crippen molar-refractivity contribution in [3.05, 3.63) is 60.0 Å². The lowest BCUT2D eigenvalue weighted by Gasteiger charge is -2.42. The Balaban J connectivity index is 2.54. The number of carboxylic acid groups (broad SMARTS) is 2. The molecule has 0 unspecified atom stereocenters. The maximum absolute atomic E-state index is 12.9. The van der Waals surface area contributed by atoms with Gasteiger partial charge in [-0.25, -0.2) is 9.59 Å². The van der Waals surface area contributed by atoms with Crippen molar-refractivity contribution in [2.45, 2.75) is 130 Å². The van der Waals surface area contributed by atoms with E-state index in [1.807, 2.05) is 0 Å². The fourth-order valence-corrected chi connectivity index (χ4v) is 6.79. The average molecular weight is 646 g/mol. The van der Waals surface area contributed by atoms with E-state index >= 15 is 0 Å². The lowest BCUT2D eigenvalue weighted by molar-refractivity contribution is -0.395. The summed E-state index contributed by atoms with van der Waals surface area (Å²) < 4.78 is 5.79. The molecule has 46 heavy (non-hydrogen) atoms. The first-order valence-corrected chi connectivity index (χ1v) is 16.5. The van der Waals surface area contributed by atoms with Crippen LogP contribution >= 0.6 is 0 Å². The Kier molecular flexibility index (Phi) is 14.7. The van der Waals surface area contributed by atoms with E-state index in [9.17, 15) is 40.0 Å². The third-order valence-electron chi connectivity index (χ3n) is 9.21. The van der Waals surface area contributed by atoms with Crippen LogP contribution in [0.25, 0.3) is 0 Å². The number of allylic oxidation sites excluding steroid dienone is 2. The molecule has 0 fully saturated rings. The van der Waals surface area contributed by atoms with E-state index in [4.69, 9.17) is 4.74 Å². The summed E-state index contributed by atoms with van der Waals surface area (Å²) in [5.74, 6) is -3.24. The second kappa shape index (κ2) is 17.7. The standard InChI is InChI=1S/C34H51N3O9/c1-7-9-10-11-12-13-14-15-16-17-18-19-20-21-25-26(36(42)43)22-27(37(44)45)31(46-8-2)30(25)34(5)28(32(38)39)23(3)35(6)24(4)29(34)33(40)41/h22H,7-21H2,1-6H3,(H,38,39)(H,40,41). The van der Waals surface area contributed by atoms with Crippen LogP contribution in [0.4, 0.5) is 11.4 Å². The number of carboxylic acids is 2. The van der Waals surface area contributed by atoms with Crippen molar-refractivity contribution in [3.8, 4) is 5.75 Å². The quantitative estimate of drug-likeness (QED) is 0.0750. The van der Waals surface area contributed by atoms with Gasteiger partial charge in [0, 0.05) is 29.6 Å². The van der Waals surface area contributed by atoms with Crippen molar-refractivity contribution in [1.29, 1.82) is 0 Å². The minimum absolute atomic E-state index is 0.0484. The molecule has 12 nitrogen and oxygen atoms in total. The summed E-state index contributed by atoms with van der Waals surface area (Å²) in [6.45, 7) is 8.11. The van der Waals surface area contributed by atoms with Crippen molar-refractivity contribution in [2.24, 2.45) is 0 Å². The molecule has 0 spiro atoms. The zero-order valence-electron chi connectivity index (χ0n) is 28.3. The maximum atomic E-state index is 12.9. The molecule has 1 aliphatic heterocycles. The van der Waals surface area contributed by atoms with Gasteiger partial charge in [-0.3, -0.25) is 20.2 Å². The molecule has 1 aromatic carbocycles. The van der Waals surface area contributed by atoms with Crippen LogP contribution in [0, 0.1) is 20.2 Å². The highest BCUT2D eigenvalue weighted by molar-refractivity contribution is 6.01. The minimum atomic E-state index is -2.02. The summed E-state index contributed by atoms with van der Waals surface area (Å²) in [4.78, 5) is 50.3. The van der Waals surface area contributed by atoms with E-state index in [1.165, 1.54) is 77.7 Å². The summed E-state index contributed by atoms with van der Waals surface area (Å²) >= 11 is 0. The highest BCUT2D eigenvalue weighted by Gasteiger charge is 2.53. The third kappa shape index (κ3) is 8.64. The van der Waals surface area contributed by atoms with E-state index in [1.54, 1.807) is 6.92 Å². The Bertz CT molecular complexity index is 1310. The number of hydrogen-bond donors (Lipinski definition) is 2.